The molecule has 3 nitrogen and oxygen atoms in total. The highest BCUT2D eigenvalue weighted by atomic mass is 35.5. The van der Waals surface area contributed by atoms with Crippen molar-refractivity contribution in [3.8, 4) is 0 Å². The van der Waals surface area contributed by atoms with E-state index >= 15 is 0 Å². The van der Waals surface area contributed by atoms with E-state index in [9.17, 15) is 13.6 Å². The second kappa shape index (κ2) is 5.95. The molecule has 1 aliphatic rings. The summed E-state index contributed by atoms with van der Waals surface area (Å²) in [5.41, 5.74) is 0.628. The molecule has 1 unspecified atom stereocenters. The van der Waals surface area contributed by atoms with E-state index in [0.29, 0.717) is 18.8 Å². The standard InChI is InChI=1S/C14H17ClF2N2O/c1-14(16,17)10-3-2-4-11(7-10)18-12-5-6-19(9-12)13(20)8-15/h2-4,7,12,18H,5-6,8-9H2,1H3. The molecule has 0 spiro atoms. The quantitative estimate of drug-likeness (QED) is 0.867. The molecule has 1 aliphatic heterocycles. The lowest BCUT2D eigenvalue weighted by Crippen LogP contribution is -2.32. The molecule has 1 aromatic carbocycles. The number of carbonyl (C=O) groups is 1. The molecular formula is C14H17ClF2N2O. The number of nitrogens with zero attached hydrogens (tertiary/aromatic N) is 1. The number of amides is 1. The van der Waals surface area contributed by atoms with Gasteiger partial charge in [0.2, 0.25) is 5.91 Å². The lowest BCUT2D eigenvalue weighted by molar-refractivity contribution is -0.127. The molecule has 6 heteroatoms. The van der Waals surface area contributed by atoms with Crippen molar-refractivity contribution in [2.24, 2.45) is 0 Å². The maximum Gasteiger partial charge on any atom is 0.270 e. The van der Waals surface area contributed by atoms with Gasteiger partial charge < -0.3 is 10.2 Å². The average Bonchev–Trinajstić information content (AvgIpc) is 2.85. The van der Waals surface area contributed by atoms with E-state index in [2.05, 4.69) is 5.32 Å². The van der Waals surface area contributed by atoms with Crippen LogP contribution >= 0.6 is 11.6 Å². The zero-order valence-electron chi connectivity index (χ0n) is 11.2. The summed E-state index contributed by atoms with van der Waals surface area (Å²) < 4.78 is 26.5. The molecule has 0 aliphatic carbocycles. The van der Waals surface area contributed by atoms with Gasteiger partial charge in [0.05, 0.1) is 0 Å². The molecule has 2 rings (SSSR count). The van der Waals surface area contributed by atoms with Crippen molar-refractivity contribution in [2.75, 3.05) is 24.3 Å². The van der Waals surface area contributed by atoms with Gasteiger partial charge in [-0.1, -0.05) is 12.1 Å². The van der Waals surface area contributed by atoms with Crippen LogP contribution in [0.2, 0.25) is 0 Å². The highest BCUT2D eigenvalue weighted by molar-refractivity contribution is 6.27. The van der Waals surface area contributed by atoms with E-state index in [0.717, 1.165) is 13.3 Å². The van der Waals surface area contributed by atoms with Gasteiger partial charge in [0.25, 0.3) is 5.92 Å². The molecule has 0 bridgehead atoms. The summed E-state index contributed by atoms with van der Waals surface area (Å²) >= 11 is 5.52. The minimum atomic E-state index is -2.85. The number of nitrogens with one attached hydrogen (secondary N) is 1. The second-order valence-electron chi connectivity index (χ2n) is 5.07. The molecular weight excluding hydrogens is 286 g/mol. The van der Waals surface area contributed by atoms with Crippen molar-refractivity contribution in [1.82, 2.24) is 4.90 Å². The Morgan fingerprint density at radius 3 is 2.95 bits per heavy atom. The summed E-state index contributed by atoms with van der Waals surface area (Å²) in [7, 11) is 0. The van der Waals surface area contributed by atoms with Gasteiger partial charge in [-0.05, 0) is 18.6 Å². The van der Waals surface area contributed by atoms with Gasteiger partial charge in [0.1, 0.15) is 5.88 Å². The van der Waals surface area contributed by atoms with Crippen LogP contribution in [0.1, 0.15) is 18.9 Å². The van der Waals surface area contributed by atoms with Crippen molar-refractivity contribution in [1.29, 1.82) is 0 Å². The summed E-state index contributed by atoms with van der Waals surface area (Å²) in [5.74, 6) is -2.97. The van der Waals surface area contributed by atoms with Crippen molar-refractivity contribution in [2.45, 2.75) is 25.3 Å². The molecule has 1 amide bonds. The zero-order valence-corrected chi connectivity index (χ0v) is 12.0. The van der Waals surface area contributed by atoms with Crippen molar-refractivity contribution in [3.63, 3.8) is 0 Å². The first-order valence-corrected chi connectivity index (χ1v) is 7.02. The lowest BCUT2D eigenvalue weighted by Gasteiger charge is -2.18. The summed E-state index contributed by atoms with van der Waals surface area (Å²) in [4.78, 5) is 13.1. The van der Waals surface area contributed by atoms with Crippen LogP contribution in [0.25, 0.3) is 0 Å². The van der Waals surface area contributed by atoms with Crippen LogP contribution in [0.5, 0.6) is 0 Å². The fourth-order valence-electron chi connectivity index (χ4n) is 2.31. The van der Waals surface area contributed by atoms with E-state index in [1.54, 1.807) is 17.0 Å². The highest BCUT2D eigenvalue weighted by Crippen LogP contribution is 2.29. The summed E-state index contributed by atoms with van der Waals surface area (Å²) in [5, 5.41) is 3.19. The first kappa shape index (κ1) is 15.0. The molecule has 1 saturated heterocycles. The molecule has 0 aromatic heterocycles. The molecule has 110 valence electrons. The lowest BCUT2D eigenvalue weighted by atomic mass is 10.1. The number of hydrogen-bond donors (Lipinski definition) is 1. The Kier molecular flexibility index (Phi) is 4.48. The van der Waals surface area contributed by atoms with E-state index in [1.165, 1.54) is 12.1 Å². The van der Waals surface area contributed by atoms with Crippen LogP contribution in [0, 0.1) is 0 Å². The Hall–Kier alpha value is -1.36. The van der Waals surface area contributed by atoms with Gasteiger partial charge in [-0.25, -0.2) is 8.78 Å². The third-order valence-corrected chi connectivity index (χ3v) is 3.62. The Labute approximate surface area is 121 Å². The number of carbonyl (C=O) groups excluding carboxylic acids is 1. The second-order valence-corrected chi connectivity index (χ2v) is 5.34. The van der Waals surface area contributed by atoms with Gasteiger partial charge in [-0.15, -0.1) is 11.6 Å². The normalized spacial score (nSPS) is 19.2. The smallest absolute Gasteiger partial charge is 0.270 e. The number of likely N-dealkylation sites (tertiary alicyclic amines) is 1. The van der Waals surface area contributed by atoms with Crippen molar-refractivity contribution < 1.29 is 13.6 Å². The van der Waals surface area contributed by atoms with Crippen LogP contribution < -0.4 is 5.32 Å². The summed E-state index contributed by atoms with van der Waals surface area (Å²) in [6.07, 6.45) is 0.787. The Bertz CT molecular complexity index is 490. The van der Waals surface area contributed by atoms with Gasteiger partial charge in [-0.2, -0.15) is 0 Å². The van der Waals surface area contributed by atoms with Crippen LogP contribution in [0.4, 0.5) is 14.5 Å². The number of anilines is 1. The number of alkyl halides is 3. The largest absolute Gasteiger partial charge is 0.380 e. The number of rotatable bonds is 4. The first-order chi connectivity index (χ1) is 9.40. The number of benzene rings is 1. The van der Waals surface area contributed by atoms with E-state index in [1.807, 2.05) is 0 Å². The third-order valence-electron chi connectivity index (χ3n) is 3.40. The van der Waals surface area contributed by atoms with Crippen molar-refractivity contribution in [3.05, 3.63) is 29.8 Å². The molecule has 1 heterocycles. The molecule has 20 heavy (non-hydrogen) atoms. The van der Waals surface area contributed by atoms with E-state index in [4.69, 9.17) is 11.6 Å². The van der Waals surface area contributed by atoms with Gasteiger partial charge in [-0.3, -0.25) is 4.79 Å². The molecule has 1 fully saturated rings. The first-order valence-electron chi connectivity index (χ1n) is 6.49. The number of halogens is 3. The molecule has 1 N–H and O–H groups in total. The fraction of sp³-hybridized carbons (Fsp3) is 0.500. The highest BCUT2D eigenvalue weighted by Gasteiger charge is 2.27. The van der Waals surface area contributed by atoms with Gasteiger partial charge in [0, 0.05) is 37.3 Å². The third kappa shape index (κ3) is 3.60. The van der Waals surface area contributed by atoms with Gasteiger partial charge in [0.15, 0.2) is 0 Å². The Balaban J connectivity index is 2.00. The van der Waals surface area contributed by atoms with E-state index < -0.39 is 5.92 Å². The molecule has 1 aromatic rings. The Morgan fingerprint density at radius 1 is 1.55 bits per heavy atom. The van der Waals surface area contributed by atoms with Gasteiger partial charge >= 0.3 is 0 Å². The fourth-order valence-corrected chi connectivity index (χ4v) is 2.48. The topological polar surface area (TPSA) is 32.3 Å². The predicted molar refractivity (Wildman–Crippen MR) is 75.3 cm³/mol. The van der Waals surface area contributed by atoms with Crippen LogP contribution in [-0.4, -0.2) is 35.8 Å². The van der Waals surface area contributed by atoms with Crippen molar-refractivity contribution >= 4 is 23.2 Å². The van der Waals surface area contributed by atoms with Crippen LogP contribution in [0.15, 0.2) is 24.3 Å². The minimum absolute atomic E-state index is 0.0193. The molecule has 1 atom stereocenters. The van der Waals surface area contributed by atoms with Crippen LogP contribution in [0.3, 0.4) is 0 Å². The van der Waals surface area contributed by atoms with Crippen LogP contribution in [-0.2, 0) is 10.7 Å². The minimum Gasteiger partial charge on any atom is -0.380 e. The monoisotopic (exact) mass is 302 g/mol. The maximum absolute atomic E-state index is 13.3. The Morgan fingerprint density at radius 2 is 2.30 bits per heavy atom. The maximum atomic E-state index is 13.3. The van der Waals surface area contributed by atoms with E-state index in [-0.39, 0.29) is 23.4 Å². The molecule has 0 saturated carbocycles. The summed E-state index contributed by atoms with van der Waals surface area (Å²) in [6, 6.07) is 6.28. The average molecular weight is 303 g/mol. The SMILES string of the molecule is CC(F)(F)c1cccc(NC2CCN(C(=O)CCl)C2)c1. The number of hydrogen-bond acceptors (Lipinski definition) is 2. The summed E-state index contributed by atoms with van der Waals surface area (Å²) in [6.45, 7) is 2.08. The molecule has 0 radical (unpaired) electrons. The zero-order chi connectivity index (χ0) is 14.8. The predicted octanol–water partition coefficient (Wildman–Crippen LogP) is 3.05.